The maximum atomic E-state index is 11.7. The molecule has 21 heavy (non-hydrogen) atoms. The Hall–Kier alpha value is -2.69. The smallest absolute Gasteiger partial charge is 0.220 e. The van der Waals surface area contributed by atoms with Gasteiger partial charge in [0, 0.05) is 5.56 Å². The Bertz CT molecular complexity index is 709. The number of hydrogen-bond donors (Lipinski definition) is 1. The fraction of sp³-hybridized carbons (Fsp3) is 0.188. The second-order valence-electron chi connectivity index (χ2n) is 4.25. The second-order valence-corrected chi connectivity index (χ2v) is 4.25. The molecule has 0 spiro atoms. The Morgan fingerprint density at radius 3 is 2.05 bits per heavy atom. The third-order valence-corrected chi connectivity index (χ3v) is 3.12. The molecule has 110 valence electrons. The summed E-state index contributed by atoms with van der Waals surface area (Å²) in [6, 6.07) is 9.66. The Kier molecular flexibility index (Phi) is 4.33. The maximum Gasteiger partial charge on any atom is 0.220 e. The summed E-state index contributed by atoms with van der Waals surface area (Å²) in [5, 5.41) is 10.3. The zero-order valence-electron chi connectivity index (χ0n) is 12.0. The van der Waals surface area contributed by atoms with Crippen LogP contribution >= 0.6 is 0 Å². The van der Waals surface area contributed by atoms with Crippen molar-refractivity contribution in [3.8, 4) is 34.1 Å². The van der Waals surface area contributed by atoms with Gasteiger partial charge in [-0.1, -0.05) is 12.1 Å². The number of ether oxygens (including phenoxy) is 3. The van der Waals surface area contributed by atoms with E-state index in [1.165, 1.54) is 27.4 Å². The summed E-state index contributed by atoms with van der Waals surface area (Å²) < 4.78 is 15.3. The van der Waals surface area contributed by atoms with E-state index in [2.05, 4.69) is 0 Å². The van der Waals surface area contributed by atoms with E-state index >= 15 is 0 Å². The average Bonchev–Trinajstić information content (AvgIpc) is 2.68. The van der Waals surface area contributed by atoms with E-state index in [0.717, 1.165) is 0 Å². The standard InChI is InChI=1S/C16H16O5/c1-19-13-8-5-10(4-7-12(13)17)11-6-9-14(20-2)16(21-3)15(11)18/h4-9,18H,1-3H3. The summed E-state index contributed by atoms with van der Waals surface area (Å²) >= 11 is 0. The molecule has 0 heterocycles. The first-order valence-corrected chi connectivity index (χ1v) is 6.25. The van der Waals surface area contributed by atoms with Crippen LogP contribution in [0.25, 0.3) is 11.1 Å². The number of rotatable bonds is 4. The molecule has 0 radical (unpaired) electrons. The third-order valence-electron chi connectivity index (χ3n) is 3.12. The van der Waals surface area contributed by atoms with Crippen molar-refractivity contribution in [1.29, 1.82) is 0 Å². The summed E-state index contributed by atoms with van der Waals surface area (Å²) in [4.78, 5) is 11.7. The number of methoxy groups -OCH3 is 3. The van der Waals surface area contributed by atoms with Crippen LogP contribution in [0.15, 0.2) is 41.2 Å². The minimum Gasteiger partial charge on any atom is -0.504 e. The molecule has 0 atom stereocenters. The van der Waals surface area contributed by atoms with Crippen LogP contribution in [0.1, 0.15) is 0 Å². The molecular weight excluding hydrogens is 272 g/mol. The monoisotopic (exact) mass is 288 g/mol. The first-order chi connectivity index (χ1) is 10.1. The normalized spacial score (nSPS) is 10.0. The number of aromatic hydroxyl groups is 1. The van der Waals surface area contributed by atoms with Crippen molar-refractivity contribution in [1.82, 2.24) is 0 Å². The molecular formula is C16H16O5. The van der Waals surface area contributed by atoms with Gasteiger partial charge in [0.05, 0.1) is 21.3 Å². The van der Waals surface area contributed by atoms with E-state index in [1.807, 2.05) is 0 Å². The van der Waals surface area contributed by atoms with Gasteiger partial charge in [-0.15, -0.1) is 0 Å². The van der Waals surface area contributed by atoms with Crippen molar-refractivity contribution in [2.45, 2.75) is 0 Å². The molecule has 5 nitrogen and oxygen atoms in total. The lowest BCUT2D eigenvalue weighted by Gasteiger charge is -2.12. The van der Waals surface area contributed by atoms with Crippen molar-refractivity contribution >= 4 is 0 Å². The van der Waals surface area contributed by atoms with E-state index in [4.69, 9.17) is 14.2 Å². The van der Waals surface area contributed by atoms with Gasteiger partial charge in [-0.25, -0.2) is 0 Å². The molecule has 2 rings (SSSR count). The van der Waals surface area contributed by atoms with Gasteiger partial charge in [0.15, 0.2) is 17.2 Å². The molecule has 0 bridgehead atoms. The molecule has 0 fully saturated rings. The van der Waals surface area contributed by atoms with Crippen LogP contribution in [0.3, 0.4) is 0 Å². The summed E-state index contributed by atoms with van der Waals surface area (Å²) in [6.07, 6.45) is 0. The molecule has 0 unspecified atom stereocenters. The van der Waals surface area contributed by atoms with Crippen molar-refractivity contribution in [2.24, 2.45) is 0 Å². The van der Waals surface area contributed by atoms with Crippen molar-refractivity contribution in [2.75, 3.05) is 21.3 Å². The minimum absolute atomic E-state index is 0.0468. The second kappa shape index (κ2) is 6.17. The van der Waals surface area contributed by atoms with E-state index in [9.17, 15) is 9.90 Å². The van der Waals surface area contributed by atoms with Crippen LogP contribution < -0.4 is 19.6 Å². The molecule has 0 aliphatic rings. The Balaban J connectivity index is 2.63. The van der Waals surface area contributed by atoms with Crippen LogP contribution in [0.4, 0.5) is 0 Å². The zero-order valence-corrected chi connectivity index (χ0v) is 12.0. The van der Waals surface area contributed by atoms with E-state index in [1.54, 1.807) is 30.3 Å². The van der Waals surface area contributed by atoms with Crippen LogP contribution in [-0.2, 0) is 0 Å². The maximum absolute atomic E-state index is 11.7. The highest BCUT2D eigenvalue weighted by Gasteiger charge is 2.15. The highest BCUT2D eigenvalue weighted by Crippen LogP contribution is 2.43. The molecule has 0 saturated heterocycles. The zero-order chi connectivity index (χ0) is 15.4. The van der Waals surface area contributed by atoms with E-state index in [0.29, 0.717) is 16.9 Å². The highest BCUT2D eigenvalue weighted by molar-refractivity contribution is 5.75. The number of benzene rings is 1. The molecule has 0 saturated carbocycles. The number of phenols is 1. The fourth-order valence-electron chi connectivity index (χ4n) is 2.04. The molecule has 2 aromatic carbocycles. The van der Waals surface area contributed by atoms with Gasteiger partial charge in [-0.3, -0.25) is 4.79 Å². The van der Waals surface area contributed by atoms with Crippen molar-refractivity contribution in [3.05, 3.63) is 46.6 Å². The Morgan fingerprint density at radius 1 is 0.810 bits per heavy atom. The van der Waals surface area contributed by atoms with Crippen molar-refractivity contribution < 1.29 is 19.3 Å². The van der Waals surface area contributed by atoms with Gasteiger partial charge in [-0.05, 0) is 29.8 Å². The lowest BCUT2D eigenvalue weighted by molar-refractivity contribution is 0.334. The lowest BCUT2D eigenvalue weighted by atomic mass is 10.1. The van der Waals surface area contributed by atoms with Gasteiger partial charge >= 0.3 is 0 Å². The minimum atomic E-state index is -0.233. The number of hydrogen-bond acceptors (Lipinski definition) is 5. The van der Waals surface area contributed by atoms with Crippen LogP contribution in [0.2, 0.25) is 0 Å². The Morgan fingerprint density at radius 2 is 1.43 bits per heavy atom. The van der Waals surface area contributed by atoms with Gasteiger partial charge in [0.25, 0.3) is 0 Å². The first-order valence-electron chi connectivity index (χ1n) is 6.25. The molecule has 0 aromatic heterocycles. The molecule has 0 aliphatic heterocycles. The average molecular weight is 288 g/mol. The fourth-order valence-corrected chi connectivity index (χ4v) is 2.04. The quantitative estimate of drug-likeness (QED) is 0.936. The predicted molar refractivity (Wildman–Crippen MR) is 79.5 cm³/mol. The number of phenolic OH excluding ortho intramolecular Hbond substituents is 1. The third kappa shape index (κ3) is 2.76. The van der Waals surface area contributed by atoms with Crippen LogP contribution in [0.5, 0.6) is 23.0 Å². The molecule has 1 N–H and O–H groups in total. The summed E-state index contributed by atoms with van der Waals surface area (Å²) in [5.74, 6) is 0.868. The largest absolute Gasteiger partial charge is 0.504 e. The van der Waals surface area contributed by atoms with Crippen molar-refractivity contribution in [3.63, 3.8) is 0 Å². The summed E-state index contributed by atoms with van der Waals surface area (Å²) in [6.45, 7) is 0. The van der Waals surface area contributed by atoms with Gasteiger partial charge in [-0.2, -0.15) is 0 Å². The summed E-state index contributed by atoms with van der Waals surface area (Å²) in [5.41, 5.74) is 0.961. The predicted octanol–water partition coefficient (Wildman–Crippen LogP) is 2.45. The lowest BCUT2D eigenvalue weighted by Crippen LogP contribution is -1.98. The van der Waals surface area contributed by atoms with Gasteiger partial charge < -0.3 is 19.3 Å². The molecule has 0 aliphatic carbocycles. The van der Waals surface area contributed by atoms with E-state index < -0.39 is 0 Å². The first kappa shape index (κ1) is 14.7. The molecule has 5 heteroatoms. The van der Waals surface area contributed by atoms with Crippen LogP contribution in [-0.4, -0.2) is 26.4 Å². The van der Waals surface area contributed by atoms with Gasteiger partial charge in [0.1, 0.15) is 0 Å². The highest BCUT2D eigenvalue weighted by atomic mass is 16.5. The summed E-state index contributed by atoms with van der Waals surface area (Å²) in [7, 11) is 4.38. The molecule has 0 amide bonds. The van der Waals surface area contributed by atoms with Gasteiger partial charge in [0.2, 0.25) is 11.2 Å². The van der Waals surface area contributed by atoms with E-state index in [-0.39, 0.29) is 22.7 Å². The SMILES string of the molecule is COc1ccc(-c2ccc(OC)c(=O)cc2)c(O)c1OC. The van der Waals surface area contributed by atoms with Crippen LogP contribution in [0, 0.1) is 0 Å². The Labute approximate surface area is 122 Å². The topological polar surface area (TPSA) is 65.0 Å². The molecule has 2 aromatic rings.